The minimum absolute atomic E-state index is 0.0438. The Morgan fingerprint density at radius 2 is 1.56 bits per heavy atom. The third-order valence-corrected chi connectivity index (χ3v) is 14.2. The third kappa shape index (κ3) is 2.29. The summed E-state index contributed by atoms with van der Waals surface area (Å²) in [5.41, 5.74) is -2.19. The number of fused-ring (bicyclic) bond motifs is 4. The molecule has 0 radical (unpaired) electrons. The molecule has 6 nitrogen and oxygen atoms in total. The SMILES string of the molecule is C[C@@H]1C[C@H]2O[C@@]3(O[C@H]2C(C)(C)O)[C@H](O)[C@@]2(C)[C@@H]4CC[C@H]5C(C)(C)[C@@H](O)CC[C@@]56C[C@@]46[C@@H](O)C[C@]2(C)[C@@H]13. The van der Waals surface area contributed by atoms with Crippen molar-refractivity contribution in [2.75, 3.05) is 0 Å². The molecule has 36 heavy (non-hydrogen) atoms. The number of aliphatic hydroxyl groups excluding tert-OH is 3. The van der Waals surface area contributed by atoms with Gasteiger partial charge in [0.25, 0.3) is 0 Å². The van der Waals surface area contributed by atoms with Crippen LogP contribution in [0.1, 0.15) is 93.4 Å². The fourth-order valence-electron chi connectivity index (χ4n) is 12.7. The molecule has 7 aliphatic rings. The van der Waals surface area contributed by atoms with E-state index in [4.69, 9.17) is 9.47 Å². The van der Waals surface area contributed by atoms with Crippen molar-refractivity contribution in [3.63, 3.8) is 0 Å². The minimum Gasteiger partial charge on any atom is -0.393 e. The van der Waals surface area contributed by atoms with Crippen LogP contribution in [0.3, 0.4) is 0 Å². The Hall–Kier alpha value is -0.240. The highest BCUT2D eigenvalue weighted by molar-refractivity contribution is 5.36. The van der Waals surface area contributed by atoms with Crippen LogP contribution >= 0.6 is 0 Å². The molecule has 0 amide bonds. The Balaban J connectivity index is 1.35. The van der Waals surface area contributed by atoms with Crippen LogP contribution in [0.5, 0.6) is 0 Å². The Morgan fingerprint density at radius 3 is 2.22 bits per heavy atom. The number of aliphatic hydroxyl groups is 4. The molecule has 14 atom stereocenters. The van der Waals surface area contributed by atoms with Gasteiger partial charge in [0.05, 0.1) is 23.9 Å². The van der Waals surface area contributed by atoms with Gasteiger partial charge in [-0.05, 0) is 92.8 Å². The highest BCUT2D eigenvalue weighted by Gasteiger charge is 2.90. The van der Waals surface area contributed by atoms with Crippen LogP contribution in [-0.4, -0.2) is 62.3 Å². The van der Waals surface area contributed by atoms with E-state index in [1.165, 1.54) is 0 Å². The standard InChI is InChI=1S/C30H48O6/c1-15-12-16-22(25(4,5)34)36-30(35-16)21(15)26(6)13-20(32)29-14-28(29)11-10-19(31)24(2,3)17(28)8-9-18(29)27(26,7)23(30)33/h15-23,31-34H,8-14H2,1-7H3/t15-,16-,17+,18+,19+,20+,21-,22-,23-,26-,27-,28-,29+,30+/m1/s1. The summed E-state index contributed by atoms with van der Waals surface area (Å²) in [6, 6.07) is 0. The van der Waals surface area contributed by atoms with E-state index in [2.05, 4.69) is 34.6 Å². The average Bonchev–Trinajstić information content (AvgIpc) is 3.32. The van der Waals surface area contributed by atoms with Crippen LogP contribution < -0.4 is 0 Å². The molecule has 0 aromatic carbocycles. The van der Waals surface area contributed by atoms with E-state index >= 15 is 0 Å². The smallest absolute Gasteiger partial charge is 0.199 e. The summed E-state index contributed by atoms with van der Waals surface area (Å²) < 4.78 is 13.5. The topological polar surface area (TPSA) is 99.4 Å². The summed E-state index contributed by atoms with van der Waals surface area (Å²) in [7, 11) is 0. The molecule has 0 unspecified atom stereocenters. The van der Waals surface area contributed by atoms with Crippen LogP contribution in [0.25, 0.3) is 0 Å². The quantitative estimate of drug-likeness (QED) is 0.435. The van der Waals surface area contributed by atoms with Crippen molar-refractivity contribution in [1.29, 1.82) is 0 Å². The molecule has 5 saturated carbocycles. The molecule has 0 aromatic rings. The number of hydrogen-bond acceptors (Lipinski definition) is 6. The van der Waals surface area contributed by atoms with E-state index in [-0.39, 0.29) is 51.6 Å². The Bertz CT molecular complexity index is 990. The second-order valence-electron chi connectivity index (χ2n) is 16.0. The maximum absolute atomic E-state index is 12.5. The van der Waals surface area contributed by atoms with Crippen LogP contribution in [0.15, 0.2) is 0 Å². The van der Waals surface area contributed by atoms with E-state index in [1.54, 1.807) is 13.8 Å². The largest absolute Gasteiger partial charge is 0.393 e. The van der Waals surface area contributed by atoms with Crippen molar-refractivity contribution in [3.05, 3.63) is 0 Å². The molecular weight excluding hydrogens is 456 g/mol. The molecule has 6 heteroatoms. The van der Waals surface area contributed by atoms with E-state index in [0.29, 0.717) is 12.3 Å². The van der Waals surface area contributed by atoms with Gasteiger partial charge in [0.15, 0.2) is 5.79 Å². The lowest BCUT2D eigenvalue weighted by atomic mass is 9.40. The number of rotatable bonds is 1. The summed E-state index contributed by atoms with van der Waals surface area (Å²) in [6.45, 7) is 14.9. The minimum atomic E-state index is -1.14. The maximum Gasteiger partial charge on any atom is 0.199 e. The molecule has 3 spiro atoms. The van der Waals surface area contributed by atoms with Crippen molar-refractivity contribution in [3.8, 4) is 0 Å². The molecule has 2 heterocycles. The van der Waals surface area contributed by atoms with Gasteiger partial charge in [-0.25, -0.2) is 0 Å². The van der Waals surface area contributed by atoms with E-state index < -0.39 is 35.1 Å². The predicted octanol–water partition coefficient (Wildman–Crippen LogP) is 3.63. The van der Waals surface area contributed by atoms with Crippen molar-refractivity contribution in [2.24, 2.45) is 50.7 Å². The first kappa shape index (κ1) is 24.8. The Morgan fingerprint density at radius 1 is 0.889 bits per heavy atom. The lowest BCUT2D eigenvalue weighted by molar-refractivity contribution is -0.282. The van der Waals surface area contributed by atoms with Crippen LogP contribution in [0, 0.1) is 50.7 Å². The molecule has 4 N–H and O–H groups in total. The molecular formula is C30H48O6. The van der Waals surface area contributed by atoms with E-state index in [0.717, 1.165) is 38.5 Å². The van der Waals surface area contributed by atoms with Crippen molar-refractivity contribution < 1.29 is 29.9 Å². The van der Waals surface area contributed by atoms with Gasteiger partial charge in [-0.15, -0.1) is 0 Å². The predicted molar refractivity (Wildman–Crippen MR) is 134 cm³/mol. The molecule has 0 aromatic heterocycles. The van der Waals surface area contributed by atoms with Gasteiger partial charge in [-0.2, -0.15) is 0 Å². The van der Waals surface area contributed by atoms with Gasteiger partial charge < -0.3 is 29.9 Å². The first-order valence-corrected chi connectivity index (χ1v) is 14.7. The second-order valence-corrected chi connectivity index (χ2v) is 16.0. The fraction of sp³-hybridized carbons (Fsp3) is 1.00. The lowest BCUT2D eigenvalue weighted by Gasteiger charge is -2.64. The molecule has 2 aliphatic heterocycles. The van der Waals surface area contributed by atoms with Gasteiger partial charge >= 0.3 is 0 Å². The summed E-state index contributed by atoms with van der Waals surface area (Å²) in [5.74, 6) is -0.351. The zero-order valence-corrected chi connectivity index (χ0v) is 23.3. The monoisotopic (exact) mass is 504 g/mol. The van der Waals surface area contributed by atoms with Gasteiger partial charge in [0.2, 0.25) is 0 Å². The van der Waals surface area contributed by atoms with Gasteiger partial charge in [0.1, 0.15) is 12.2 Å². The van der Waals surface area contributed by atoms with E-state index in [9.17, 15) is 20.4 Å². The summed E-state index contributed by atoms with van der Waals surface area (Å²) in [4.78, 5) is 0. The van der Waals surface area contributed by atoms with Crippen LogP contribution in [0.2, 0.25) is 0 Å². The highest BCUT2D eigenvalue weighted by Crippen LogP contribution is 2.90. The van der Waals surface area contributed by atoms with Gasteiger partial charge in [-0.1, -0.05) is 34.6 Å². The molecule has 5 aliphatic carbocycles. The highest BCUT2D eigenvalue weighted by atomic mass is 16.8. The maximum atomic E-state index is 12.5. The molecule has 2 bridgehead atoms. The normalized spacial score (nSPS) is 64.6. The van der Waals surface area contributed by atoms with Crippen LogP contribution in [-0.2, 0) is 9.47 Å². The summed E-state index contributed by atoms with van der Waals surface area (Å²) >= 11 is 0. The Labute approximate surface area is 216 Å². The molecule has 2 saturated heterocycles. The fourth-order valence-corrected chi connectivity index (χ4v) is 12.7. The van der Waals surface area contributed by atoms with Crippen molar-refractivity contribution >= 4 is 0 Å². The first-order chi connectivity index (χ1) is 16.5. The van der Waals surface area contributed by atoms with Crippen molar-refractivity contribution in [1.82, 2.24) is 0 Å². The lowest BCUT2D eigenvalue weighted by Crippen LogP contribution is -2.64. The number of ether oxygens (including phenoxy) is 2. The third-order valence-electron chi connectivity index (χ3n) is 14.2. The zero-order chi connectivity index (χ0) is 26.1. The molecule has 204 valence electrons. The van der Waals surface area contributed by atoms with Crippen LogP contribution in [0.4, 0.5) is 0 Å². The Kier molecular flexibility index (Phi) is 4.51. The summed E-state index contributed by atoms with van der Waals surface area (Å²) in [6.07, 6.45) is 3.97. The number of hydrogen-bond donors (Lipinski definition) is 4. The summed E-state index contributed by atoms with van der Waals surface area (Å²) in [5, 5.41) is 46.5. The second kappa shape index (κ2) is 6.55. The molecule has 7 rings (SSSR count). The average molecular weight is 505 g/mol. The zero-order valence-electron chi connectivity index (χ0n) is 23.3. The molecule has 7 fully saturated rings. The van der Waals surface area contributed by atoms with E-state index in [1.807, 2.05) is 0 Å². The van der Waals surface area contributed by atoms with Gasteiger partial charge in [0, 0.05) is 16.7 Å². The van der Waals surface area contributed by atoms with Gasteiger partial charge in [-0.3, -0.25) is 0 Å². The first-order valence-electron chi connectivity index (χ1n) is 14.7. The van der Waals surface area contributed by atoms with Crippen molar-refractivity contribution in [2.45, 2.75) is 135 Å².